The maximum Gasteiger partial charge on any atom is 0.263 e. The molecule has 0 amide bonds. The van der Waals surface area contributed by atoms with Crippen LogP contribution in [-0.4, -0.2) is 49.4 Å². The first-order chi connectivity index (χ1) is 13.9. The zero-order valence-corrected chi connectivity index (χ0v) is 16.4. The van der Waals surface area contributed by atoms with Gasteiger partial charge in [-0.25, -0.2) is 18.4 Å². The number of aliphatic hydroxyl groups excluding tert-OH is 1. The van der Waals surface area contributed by atoms with E-state index >= 15 is 0 Å². The van der Waals surface area contributed by atoms with Crippen LogP contribution >= 0.6 is 0 Å². The topological polar surface area (TPSA) is 123 Å². The minimum absolute atomic E-state index is 0.0266. The molecule has 1 aliphatic heterocycles. The van der Waals surface area contributed by atoms with E-state index in [0.717, 1.165) is 0 Å². The summed E-state index contributed by atoms with van der Waals surface area (Å²) in [5.41, 5.74) is 0.951. The van der Waals surface area contributed by atoms with Crippen molar-refractivity contribution in [3.8, 4) is 11.5 Å². The van der Waals surface area contributed by atoms with E-state index in [2.05, 4.69) is 20.0 Å². The van der Waals surface area contributed by atoms with Crippen LogP contribution in [0.3, 0.4) is 0 Å². The van der Waals surface area contributed by atoms with Crippen molar-refractivity contribution in [3.05, 3.63) is 42.5 Å². The molecule has 0 aliphatic carbocycles. The summed E-state index contributed by atoms with van der Waals surface area (Å²) in [5.74, 6) is 1.31. The van der Waals surface area contributed by atoms with E-state index in [0.29, 0.717) is 35.7 Å². The number of hydrogen-bond acceptors (Lipinski definition) is 8. The minimum atomic E-state index is -3.87. The van der Waals surface area contributed by atoms with Gasteiger partial charge in [0.25, 0.3) is 10.0 Å². The van der Waals surface area contributed by atoms with Gasteiger partial charge < -0.3 is 19.9 Å². The highest BCUT2D eigenvalue weighted by Crippen LogP contribution is 2.35. The lowest BCUT2D eigenvalue weighted by molar-refractivity contribution is 0.172. The van der Waals surface area contributed by atoms with E-state index in [1.165, 1.54) is 12.1 Å². The highest BCUT2D eigenvalue weighted by molar-refractivity contribution is 7.92. The quantitative estimate of drug-likeness (QED) is 0.558. The highest BCUT2D eigenvalue weighted by atomic mass is 32.2. The molecule has 29 heavy (non-hydrogen) atoms. The van der Waals surface area contributed by atoms with Crippen molar-refractivity contribution in [2.45, 2.75) is 17.9 Å². The molecule has 0 saturated heterocycles. The van der Waals surface area contributed by atoms with Crippen LogP contribution in [0.1, 0.15) is 6.92 Å². The summed E-state index contributed by atoms with van der Waals surface area (Å²) in [4.78, 5) is 9.03. The molecule has 0 unspecified atom stereocenters. The van der Waals surface area contributed by atoms with Crippen molar-refractivity contribution < 1.29 is 23.0 Å². The Hall–Kier alpha value is -3.11. The Balaban J connectivity index is 1.78. The lowest BCUT2D eigenvalue weighted by Gasteiger charge is -2.19. The van der Waals surface area contributed by atoms with Crippen LogP contribution in [0.2, 0.25) is 0 Å². The van der Waals surface area contributed by atoms with Gasteiger partial charge in [0.2, 0.25) is 0 Å². The standard InChI is InChI=1S/C19H20N4O5S/c1-12(24)11-20-18-19(23-29(25,26)13-5-3-2-4-6-13)22-15-10-17-16(9-14(15)21-18)27-7-8-28-17/h2-6,9-10,12,24H,7-8,11H2,1H3,(H,20,21)(H,22,23)/t12-/m1/s1. The van der Waals surface area contributed by atoms with Crippen molar-refractivity contribution >= 4 is 32.7 Å². The number of anilines is 2. The van der Waals surface area contributed by atoms with Gasteiger partial charge in [-0.05, 0) is 19.1 Å². The van der Waals surface area contributed by atoms with Gasteiger partial charge in [-0.2, -0.15) is 0 Å². The van der Waals surface area contributed by atoms with Gasteiger partial charge in [0.15, 0.2) is 23.1 Å². The Bertz CT molecular complexity index is 1140. The number of fused-ring (bicyclic) bond motifs is 2. The molecule has 152 valence electrons. The number of aliphatic hydroxyl groups is 1. The third-order valence-corrected chi connectivity index (χ3v) is 5.53. The molecule has 10 heteroatoms. The molecule has 1 atom stereocenters. The van der Waals surface area contributed by atoms with Crippen LogP contribution < -0.4 is 19.5 Å². The molecule has 1 aromatic heterocycles. The van der Waals surface area contributed by atoms with Gasteiger partial charge in [-0.3, -0.25) is 4.72 Å². The predicted molar refractivity (Wildman–Crippen MR) is 108 cm³/mol. The number of nitrogens with one attached hydrogen (secondary N) is 2. The molecule has 0 radical (unpaired) electrons. The fraction of sp³-hybridized carbons (Fsp3) is 0.263. The third kappa shape index (κ3) is 4.17. The van der Waals surface area contributed by atoms with Gasteiger partial charge in [-0.15, -0.1) is 0 Å². The van der Waals surface area contributed by atoms with Crippen molar-refractivity contribution in [2.24, 2.45) is 0 Å². The summed E-state index contributed by atoms with van der Waals surface area (Å²) in [5, 5.41) is 12.5. The van der Waals surface area contributed by atoms with E-state index in [1.807, 2.05) is 0 Å². The number of sulfonamides is 1. The second-order valence-corrected chi connectivity index (χ2v) is 8.24. The molecule has 1 aliphatic rings. The molecule has 2 heterocycles. The molecule has 4 rings (SSSR count). The molecule has 0 fully saturated rings. The summed E-state index contributed by atoms with van der Waals surface area (Å²) in [6.45, 7) is 2.64. The van der Waals surface area contributed by atoms with Gasteiger partial charge in [0.05, 0.1) is 22.0 Å². The zero-order chi connectivity index (χ0) is 20.4. The maximum atomic E-state index is 12.8. The predicted octanol–water partition coefficient (Wildman–Crippen LogP) is 1.99. The number of hydrogen-bond donors (Lipinski definition) is 3. The smallest absolute Gasteiger partial charge is 0.263 e. The van der Waals surface area contributed by atoms with Crippen LogP contribution in [-0.2, 0) is 10.0 Å². The van der Waals surface area contributed by atoms with E-state index in [1.54, 1.807) is 37.3 Å². The monoisotopic (exact) mass is 416 g/mol. The lowest BCUT2D eigenvalue weighted by Crippen LogP contribution is -2.20. The lowest BCUT2D eigenvalue weighted by atomic mass is 10.2. The van der Waals surface area contributed by atoms with E-state index in [-0.39, 0.29) is 23.1 Å². The molecule has 2 aromatic carbocycles. The average molecular weight is 416 g/mol. The summed E-state index contributed by atoms with van der Waals surface area (Å²) in [7, 11) is -3.87. The Kier molecular flexibility index (Phi) is 5.12. The Morgan fingerprint density at radius 2 is 1.62 bits per heavy atom. The van der Waals surface area contributed by atoms with Crippen molar-refractivity contribution in [1.29, 1.82) is 0 Å². The number of benzene rings is 2. The Morgan fingerprint density at radius 3 is 2.21 bits per heavy atom. The molecule has 0 saturated carbocycles. The second-order valence-electron chi connectivity index (χ2n) is 6.55. The molecule has 0 bridgehead atoms. The molecule has 3 N–H and O–H groups in total. The Labute approximate surface area is 167 Å². The Morgan fingerprint density at radius 1 is 1.03 bits per heavy atom. The van der Waals surface area contributed by atoms with Crippen LogP contribution in [0.5, 0.6) is 11.5 Å². The molecule has 3 aromatic rings. The first kappa shape index (κ1) is 19.2. The fourth-order valence-electron chi connectivity index (χ4n) is 2.82. The van der Waals surface area contributed by atoms with Crippen LogP contribution in [0.4, 0.5) is 11.6 Å². The van der Waals surface area contributed by atoms with Gasteiger partial charge in [0, 0.05) is 18.7 Å². The highest BCUT2D eigenvalue weighted by Gasteiger charge is 2.20. The van der Waals surface area contributed by atoms with Crippen LogP contribution in [0, 0.1) is 0 Å². The summed E-state index contributed by atoms with van der Waals surface area (Å²) >= 11 is 0. The van der Waals surface area contributed by atoms with Gasteiger partial charge in [0.1, 0.15) is 13.2 Å². The van der Waals surface area contributed by atoms with E-state index in [4.69, 9.17) is 9.47 Å². The van der Waals surface area contributed by atoms with Gasteiger partial charge in [-0.1, -0.05) is 18.2 Å². The summed E-state index contributed by atoms with van der Waals surface area (Å²) in [6, 6.07) is 11.3. The van der Waals surface area contributed by atoms with E-state index < -0.39 is 16.1 Å². The van der Waals surface area contributed by atoms with Crippen molar-refractivity contribution in [3.63, 3.8) is 0 Å². The largest absolute Gasteiger partial charge is 0.486 e. The summed E-state index contributed by atoms with van der Waals surface area (Å²) < 4.78 is 39.1. The van der Waals surface area contributed by atoms with Crippen LogP contribution in [0.15, 0.2) is 47.4 Å². The molecule has 0 spiro atoms. The molecule has 9 nitrogen and oxygen atoms in total. The SMILES string of the molecule is C[C@@H](O)CNc1nc2cc3c(cc2nc1NS(=O)(=O)c1ccccc1)OCCO3. The first-order valence-electron chi connectivity index (χ1n) is 9.03. The number of rotatable bonds is 6. The van der Waals surface area contributed by atoms with Crippen molar-refractivity contribution in [2.75, 3.05) is 29.8 Å². The number of ether oxygens (including phenoxy) is 2. The number of nitrogens with zero attached hydrogens (tertiary/aromatic N) is 2. The van der Waals surface area contributed by atoms with E-state index in [9.17, 15) is 13.5 Å². The summed E-state index contributed by atoms with van der Waals surface area (Å²) in [6.07, 6.45) is -0.661. The average Bonchev–Trinajstić information content (AvgIpc) is 2.71. The number of aromatic nitrogens is 2. The van der Waals surface area contributed by atoms with Crippen molar-refractivity contribution in [1.82, 2.24) is 9.97 Å². The van der Waals surface area contributed by atoms with Gasteiger partial charge >= 0.3 is 0 Å². The third-order valence-electron chi connectivity index (χ3n) is 4.18. The molecular weight excluding hydrogens is 396 g/mol. The molecular formula is C19H20N4O5S. The maximum absolute atomic E-state index is 12.8. The second kappa shape index (κ2) is 7.72. The normalized spacial score (nSPS) is 14.4. The fourth-order valence-corrected chi connectivity index (χ4v) is 3.85. The zero-order valence-electron chi connectivity index (χ0n) is 15.6. The first-order valence-corrected chi connectivity index (χ1v) is 10.5. The minimum Gasteiger partial charge on any atom is -0.486 e. The van der Waals surface area contributed by atoms with Crippen LogP contribution in [0.25, 0.3) is 11.0 Å².